The molecule has 1 fully saturated rings. The van der Waals surface area contributed by atoms with E-state index >= 15 is 0 Å². The summed E-state index contributed by atoms with van der Waals surface area (Å²) in [7, 11) is 0. The van der Waals surface area contributed by atoms with Crippen LogP contribution in [-0.2, 0) is 0 Å². The Labute approximate surface area is 161 Å². The number of piperazine rings is 1. The van der Waals surface area contributed by atoms with Crippen molar-refractivity contribution < 1.29 is 13.6 Å². The van der Waals surface area contributed by atoms with Crippen LogP contribution in [0.4, 0.5) is 19.5 Å². The lowest BCUT2D eigenvalue weighted by atomic mass is 10.0. The quantitative estimate of drug-likeness (QED) is 0.796. The molecule has 146 valence electrons. The molecule has 1 aromatic carbocycles. The molecule has 2 aromatic rings. The highest BCUT2D eigenvalue weighted by molar-refractivity contribution is 5.79. The predicted molar refractivity (Wildman–Crippen MR) is 99.9 cm³/mol. The highest BCUT2D eigenvalue weighted by atomic mass is 19.1. The number of amides is 2. The first kappa shape index (κ1) is 18.3. The molecule has 0 bridgehead atoms. The summed E-state index contributed by atoms with van der Waals surface area (Å²) < 4.78 is 26.6. The number of hydrogen-bond donors (Lipinski definition) is 0. The number of rotatable bonds is 2. The van der Waals surface area contributed by atoms with Gasteiger partial charge in [0.2, 0.25) is 5.95 Å². The van der Waals surface area contributed by atoms with Gasteiger partial charge in [-0.15, -0.1) is 0 Å². The number of carbonyl (C=O) groups is 1. The second kappa shape index (κ2) is 7.49. The zero-order valence-corrected chi connectivity index (χ0v) is 15.4. The van der Waals surface area contributed by atoms with E-state index in [4.69, 9.17) is 0 Å². The fraction of sp³-hybridized carbons (Fsp3) is 0.368. The zero-order chi connectivity index (χ0) is 19.7. The lowest BCUT2D eigenvalue weighted by Crippen LogP contribution is -2.57. The molecule has 3 heterocycles. The maximum Gasteiger partial charge on any atom is 0.341 e. The van der Waals surface area contributed by atoms with E-state index in [1.54, 1.807) is 23.2 Å². The Morgan fingerprint density at radius 3 is 2.64 bits per heavy atom. The van der Waals surface area contributed by atoms with E-state index < -0.39 is 5.82 Å². The van der Waals surface area contributed by atoms with Crippen LogP contribution in [-0.4, -0.2) is 57.8 Å². The van der Waals surface area contributed by atoms with Gasteiger partial charge in [0.25, 0.3) is 0 Å². The van der Waals surface area contributed by atoms with Crippen LogP contribution in [0.15, 0.2) is 41.8 Å². The highest BCUT2D eigenvalue weighted by Crippen LogP contribution is 2.30. The van der Waals surface area contributed by atoms with Crippen LogP contribution >= 0.6 is 0 Å². The van der Waals surface area contributed by atoms with Crippen molar-refractivity contribution in [2.75, 3.05) is 24.5 Å². The first-order valence-electron chi connectivity index (χ1n) is 9.13. The van der Waals surface area contributed by atoms with Gasteiger partial charge < -0.3 is 9.80 Å². The predicted octanol–water partition coefficient (Wildman–Crippen LogP) is 2.82. The number of aromatic nitrogens is 2. The van der Waals surface area contributed by atoms with Crippen molar-refractivity contribution in [2.45, 2.75) is 25.4 Å². The number of halogens is 2. The van der Waals surface area contributed by atoms with Crippen molar-refractivity contribution in [1.82, 2.24) is 19.9 Å². The standard InChI is InChI=1S/C19H20F2N6O/c1-13-12-25(18-22-10-16(21)11-23-18)7-8-26(13)19(28)27-17(5-6-24-27)14-3-2-4-15(20)9-14/h2-4,6,9-11,13,17H,5,7-8,12H2,1H3/t13-,17?/m0/s1. The molecule has 0 radical (unpaired) electrons. The second-order valence-electron chi connectivity index (χ2n) is 6.92. The Hall–Kier alpha value is -3.10. The van der Waals surface area contributed by atoms with E-state index in [-0.39, 0.29) is 23.9 Å². The van der Waals surface area contributed by atoms with Crippen LogP contribution in [0.3, 0.4) is 0 Å². The minimum atomic E-state index is -0.485. The van der Waals surface area contributed by atoms with E-state index in [1.807, 2.05) is 11.8 Å². The molecule has 1 saturated heterocycles. The van der Waals surface area contributed by atoms with Crippen molar-refractivity contribution in [2.24, 2.45) is 5.10 Å². The fourth-order valence-electron chi connectivity index (χ4n) is 3.61. The van der Waals surface area contributed by atoms with Crippen LogP contribution in [0, 0.1) is 11.6 Å². The molecule has 9 heteroatoms. The third-order valence-corrected chi connectivity index (χ3v) is 5.02. The molecule has 0 saturated carbocycles. The first-order chi connectivity index (χ1) is 13.5. The number of nitrogens with zero attached hydrogens (tertiary/aromatic N) is 6. The van der Waals surface area contributed by atoms with Crippen molar-refractivity contribution in [3.63, 3.8) is 0 Å². The van der Waals surface area contributed by atoms with Crippen molar-refractivity contribution in [1.29, 1.82) is 0 Å². The molecular formula is C19H20F2N6O. The molecule has 2 aliphatic heterocycles. The van der Waals surface area contributed by atoms with E-state index in [0.717, 1.165) is 18.0 Å². The van der Waals surface area contributed by atoms with Gasteiger partial charge in [-0.3, -0.25) is 0 Å². The second-order valence-corrected chi connectivity index (χ2v) is 6.92. The van der Waals surface area contributed by atoms with Gasteiger partial charge in [-0.1, -0.05) is 12.1 Å². The molecule has 2 aliphatic rings. The maximum atomic E-state index is 13.6. The normalized spacial score (nSPS) is 22.0. The largest absolute Gasteiger partial charge is 0.341 e. The van der Waals surface area contributed by atoms with Crippen molar-refractivity contribution in [3.8, 4) is 0 Å². The maximum absolute atomic E-state index is 13.6. The molecule has 2 amide bonds. The Balaban J connectivity index is 1.46. The summed E-state index contributed by atoms with van der Waals surface area (Å²) >= 11 is 0. The van der Waals surface area contributed by atoms with Gasteiger partial charge >= 0.3 is 6.03 Å². The zero-order valence-electron chi connectivity index (χ0n) is 15.4. The Morgan fingerprint density at radius 2 is 1.93 bits per heavy atom. The number of carbonyl (C=O) groups excluding carboxylic acids is 1. The van der Waals surface area contributed by atoms with Gasteiger partial charge in [0.05, 0.1) is 18.4 Å². The van der Waals surface area contributed by atoms with Crippen LogP contribution in [0.25, 0.3) is 0 Å². The molecule has 28 heavy (non-hydrogen) atoms. The van der Waals surface area contributed by atoms with Crippen molar-refractivity contribution >= 4 is 18.2 Å². The van der Waals surface area contributed by atoms with Crippen LogP contribution in [0.1, 0.15) is 24.9 Å². The summed E-state index contributed by atoms with van der Waals surface area (Å²) in [6, 6.07) is 5.62. The van der Waals surface area contributed by atoms with E-state index in [9.17, 15) is 13.6 Å². The summed E-state index contributed by atoms with van der Waals surface area (Å²) in [6.07, 6.45) is 4.49. The minimum Gasteiger partial charge on any atom is -0.337 e. The molecule has 1 unspecified atom stereocenters. The highest BCUT2D eigenvalue weighted by Gasteiger charge is 2.36. The summed E-state index contributed by atoms with van der Waals surface area (Å²) in [4.78, 5) is 24.8. The van der Waals surface area contributed by atoms with E-state index in [2.05, 4.69) is 15.1 Å². The number of benzene rings is 1. The topological polar surface area (TPSA) is 64.9 Å². The first-order valence-corrected chi connectivity index (χ1v) is 9.13. The Bertz CT molecular complexity index is 890. The average molecular weight is 386 g/mol. The van der Waals surface area contributed by atoms with Crippen LogP contribution < -0.4 is 4.90 Å². The average Bonchev–Trinajstić information content (AvgIpc) is 3.18. The van der Waals surface area contributed by atoms with E-state index in [0.29, 0.717) is 32.0 Å². The molecule has 7 nitrogen and oxygen atoms in total. The van der Waals surface area contributed by atoms with Gasteiger partial charge in [0, 0.05) is 38.3 Å². The lowest BCUT2D eigenvalue weighted by Gasteiger charge is -2.41. The Kier molecular flexibility index (Phi) is 4.89. The molecule has 4 rings (SSSR count). The number of hydrazone groups is 1. The molecule has 0 spiro atoms. The molecule has 0 aliphatic carbocycles. The van der Waals surface area contributed by atoms with Crippen LogP contribution in [0.5, 0.6) is 0 Å². The van der Waals surface area contributed by atoms with E-state index in [1.165, 1.54) is 17.1 Å². The Morgan fingerprint density at radius 1 is 1.14 bits per heavy atom. The molecular weight excluding hydrogens is 366 g/mol. The van der Waals surface area contributed by atoms with Gasteiger partial charge in [0.15, 0.2) is 5.82 Å². The van der Waals surface area contributed by atoms with Gasteiger partial charge in [-0.25, -0.2) is 28.6 Å². The molecule has 0 N–H and O–H groups in total. The fourth-order valence-corrected chi connectivity index (χ4v) is 3.61. The smallest absolute Gasteiger partial charge is 0.337 e. The summed E-state index contributed by atoms with van der Waals surface area (Å²) in [5.41, 5.74) is 0.719. The summed E-state index contributed by atoms with van der Waals surface area (Å²) in [5.74, 6) is -0.379. The third kappa shape index (κ3) is 3.51. The molecule has 1 aromatic heterocycles. The molecule has 2 atom stereocenters. The van der Waals surface area contributed by atoms with Crippen molar-refractivity contribution in [3.05, 3.63) is 53.9 Å². The van der Waals surface area contributed by atoms with Gasteiger partial charge in [0.1, 0.15) is 5.82 Å². The number of urea groups is 1. The van der Waals surface area contributed by atoms with Crippen LogP contribution in [0.2, 0.25) is 0 Å². The minimum absolute atomic E-state index is 0.112. The number of anilines is 1. The SMILES string of the molecule is C[C@H]1CN(c2ncc(F)cn2)CCN1C(=O)N1N=CCC1c1cccc(F)c1. The number of hydrogen-bond acceptors (Lipinski definition) is 5. The monoisotopic (exact) mass is 386 g/mol. The summed E-state index contributed by atoms with van der Waals surface area (Å²) in [6.45, 7) is 3.46. The van der Waals surface area contributed by atoms with Gasteiger partial charge in [-0.05, 0) is 24.6 Å². The third-order valence-electron chi connectivity index (χ3n) is 5.02. The van der Waals surface area contributed by atoms with Gasteiger partial charge in [-0.2, -0.15) is 5.10 Å². The summed E-state index contributed by atoms with van der Waals surface area (Å²) in [5, 5.41) is 5.66. The lowest BCUT2D eigenvalue weighted by molar-refractivity contribution is 0.121.